The van der Waals surface area contributed by atoms with E-state index in [-0.39, 0.29) is 12.1 Å². The lowest BCUT2D eigenvalue weighted by Crippen LogP contribution is -2.42. The number of aromatic nitrogens is 3. The number of hydrogen-bond acceptors (Lipinski definition) is 5. The van der Waals surface area contributed by atoms with Crippen LogP contribution in [0.5, 0.6) is 0 Å². The Morgan fingerprint density at radius 3 is 2.82 bits per heavy atom. The molecule has 28 heavy (non-hydrogen) atoms. The predicted octanol–water partition coefficient (Wildman–Crippen LogP) is 4.09. The van der Waals surface area contributed by atoms with E-state index in [1.165, 1.54) is 0 Å². The van der Waals surface area contributed by atoms with Crippen molar-refractivity contribution in [3.8, 4) is 11.3 Å². The monoisotopic (exact) mass is 374 g/mol. The molecule has 0 unspecified atom stereocenters. The van der Waals surface area contributed by atoms with Crippen molar-refractivity contribution < 1.29 is 4.79 Å². The van der Waals surface area contributed by atoms with Gasteiger partial charge in [0.2, 0.25) is 0 Å². The Morgan fingerprint density at radius 1 is 1.18 bits per heavy atom. The lowest BCUT2D eigenvalue weighted by molar-refractivity contribution is 0.255. The van der Waals surface area contributed by atoms with Crippen molar-refractivity contribution in [1.82, 2.24) is 15.0 Å². The number of carbonyl (C=O) groups excluding carboxylic acids is 1. The SMILES string of the molecule is Cc1ccc(-c2ccc3c(n2)N(C(=O)Nc2ccccn2)[C@H](C)CCN3)cn1. The van der Waals surface area contributed by atoms with Crippen LogP contribution in [-0.2, 0) is 0 Å². The van der Waals surface area contributed by atoms with Gasteiger partial charge in [-0.25, -0.2) is 14.8 Å². The third kappa shape index (κ3) is 3.64. The molecule has 142 valence electrons. The molecular weight excluding hydrogens is 352 g/mol. The van der Waals surface area contributed by atoms with Gasteiger partial charge in [0.05, 0.1) is 11.4 Å². The zero-order valence-corrected chi connectivity index (χ0v) is 15.9. The van der Waals surface area contributed by atoms with E-state index in [1.807, 2.05) is 50.2 Å². The fourth-order valence-electron chi connectivity index (χ4n) is 3.21. The Morgan fingerprint density at radius 2 is 2.07 bits per heavy atom. The molecule has 0 fully saturated rings. The number of aryl methyl sites for hydroxylation is 1. The first kappa shape index (κ1) is 17.9. The summed E-state index contributed by atoms with van der Waals surface area (Å²) in [5.74, 6) is 1.12. The highest BCUT2D eigenvalue weighted by Gasteiger charge is 2.28. The summed E-state index contributed by atoms with van der Waals surface area (Å²) in [6, 6.07) is 13.0. The molecule has 4 heterocycles. The smallest absolute Gasteiger partial charge is 0.328 e. The Labute approximate surface area is 163 Å². The Balaban J connectivity index is 1.72. The van der Waals surface area contributed by atoms with E-state index >= 15 is 0 Å². The van der Waals surface area contributed by atoms with Crippen molar-refractivity contribution in [2.75, 3.05) is 22.1 Å². The molecule has 4 rings (SSSR count). The predicted molar refractivity (Wildman–Crippen MR) is 111 cm³/mol. The fourth-order valence-corrected chi connectivity index (χ4v) is 3.21. The van der Waals surface area contributed by atoms with Crippen molar-refractivity contribution in [1.29, 1.82) is 0 Å². The minimum absolute atomic E-state index is 0.0173. The van der Waals surface area contributed by atoms with Crippen LogP contribution in [0.2, 0.25) is 0 Å². The van der Waals surface area contributed by atoms with E-state index in [0.29, 0.717) is 11.6 Å². The highest BCUT2D eigenvalue weighted by molar-refractivity contribution is 6.03. The molecule has 0 saturated heterocycles. The van der Waals surface area contributed by atoms with Crippen LogP contribution in [-0.4, -0.2) is 33.6 Å². The number of nitrogens with zero attached hydrogens (tertiary/aromatic N) is 4. The van der Waals surface area contributed by atoms with Gasteiger partial charge in [0, 0.05) is 36.2 Å². The lowest BCUT2D eigenvalue weighted by Gasteiger charge is -2.27. The van der Waals surface area contributed by atoms with Crippen molar-refractivity contribution in [2.24, 2.45) is 0 Å². The third-order valence-corrected chi connectivity index (χ3v) is 4.75. The molecule has 0 spiro atoms. The minimum Gasteiger partial charge on any atom is -0.382 e. The number of carbonyl (C=O) groups is 1. The molecule has 0 aromatic carbocycles. The van der Waals surface area contributed by atoms with Gasteiger partial charge in [-0.3, -0.25) is 15.2 Å². The number of amides is 2. The summed E-state index contributed by atoms with van der Waals surface area (Å²) in [7, 11) is 0. The first-order valence-corrected chi connectivity index (χ1v) is 9.31. The maximum atomic E-state index is 13.1. The molecule has 0 aliphatic carbocycles. The summed E-state index contributed by atoms with van der Waals surface area (Å²) in [6.07, 6.45) is 4.26. The number of anilines is 3. The van der Waals surface area contributed by atoms with Crippen molar-refractivity contribution in [3.63, 3.8) is 0 Å². The molecule has 0 bridgehead atoms. The number of hydrogen-bond donors (Lipinski definition) is 2. The number of rotatable bonds is 2. The highest BCUT2D eigenvalue weighted by Crippen LogP contribution is 2.32. The van der Waals surface area contributed by atoms with Gasteiger partial charge in [0.25, 0.3) is 0 Å². The molecule has 1 atom stereocenters. The van der Waals surface area contributed by atoms with E-state index in [1.54, 1.807) is 23.4 Å². The highest BCUT2D eigenvalue weighted by atomic mass is 16.2. The standard InChI is InChI=1S/C21H22N6O/c1-14-6-7-16(13-24-14)17-8-9-18-20(25-17)27(15(2)10-12-22-18)21(28)26-19-5-3-4-11-23-19/h3-9,11,13,15,22H,10,12H2,1-2H3,(H,23,26,28)/t15-/m1/s1. The average molecular weight is 374 g/mol. The Bertz CT molecular complexity index is 974. The second-order valence-corrected chi connectivity index (χ2v) is 6.84. The van der Waals surface area contributed by atoms with Crippen LogP contribution in [0.1, 0.15) is 19.0 Å². The molecule has 3 aromatic rings. The molecule has 1 aliphatic rings. The Hall–Kier alpha value is -3.48. The summed E-state index contributed by atoms with van der Waals surface area (Å²) in [5.41, 5.74) is 3.47. The zero-order valence-electron chi connectivity index (χ0n) is 15.9. The van der Waals surface area contributed by atoms with Crippen LogP contribution < -0.4 is 15.5 Å². The van der Waals surface area contributed by atoms with Crippen LogP contribution in [0.15, 0.2) is 54.9 Å². The Kier molecular flexibility index (Phi) is 4.89. The first-order chi connectivity index (χ1) is 13.6. The van der Waals surface area contributed by atoms with Gasteiger partial charge in [-0.1, -0.05) is 6.07 Å². The van der Waals surface area contributed by atoms with Crippen molar-refractivity contribution >= 4 is 23.4 Å². The van der Waals surface area contributed by atoms with Crippen LogP contribution >= 0.6 is 0 Å². The molecule has 1 aliphatic heterocycles. The molecule has 2 amide bonds. The van der Waals surface area contributed by atoms with Crippen LogP contribution in [0.4, 0.5) is 22.1 Å². The summed E-state index contributed by atoms with van der Waals surface area (Å²) < 4.78 is 0. The molecule has 2 N–H and O–H groups in total. The van der Waals surface area contributed by atoms with Crippen LogP contribution in [0.3, 0.4) is 0 Å². The van der Waals surface area contributed by atoms with Gasteiger partial charge in [-0.05, 0) is 56.7 Å². The quantitative estimate of drug-likeness (QED) is 0.706. The first-order valence-electron chi connectivity index (χ1n) is 9.31. The van der Waals surface area contributed by atoms with Gasteiger partial charge in [0.15, 0.2) is 5.82 Å². The molecule has 7 nitrogen and oxygen atoms in total. The van der Waals surface area contributed by atoms with Gasteiger partial charge in [-0.2, -0.15) is 0 Å². The maximum Gasteiger partial charge on any atom is 0.328 e. The average Bonchev–Trinajstić information content (AvgIpc) is 2.87. The second kappa shape index (κ2) is 7.64. The molecule has 0 saturated carbocycles. The summed E-state index contributed by atoms with van der Waals surface area (Å²) in [6.45, 7) is 4.74. The van der Waals surface area contributed by atoms with E-state index in [4.69, 9.17) is 4.98 Å². The molecule has 7 heteroatoms. The topological polar surface area (TPSA) is 83.0 Å². The number of pyridine rings is 3. The maximum absolute atomic E-state index is 13.1. The van der Waals surface area contributed by atoms with Gasteiger partial charge in [0.1, 0.15) is 5.82 Å². The van der Waals surface area contributed by atoms with Gasteiger partial charge < -0.3 is 5.32 Å². The molecular formula is C21H22N6O. The number of nitrogens with one attached hydrogen (secondary N) is 2. The lowest BCUT2D eigenvalue weighted by atomic mass is 10.1. The largest absolute Gasteiger partial charge is 0.382 e. The number of urea groups is 1. The van der Waals surface area contributed by atoms with E-state index in [2.05, 4.69) is 20.6 Å². The minimum atomic E-state index is -0.247. The van der Waals surface area contributed by atoms with E-state index in [9.17, 15) is 4.79 Å². The normalized spacial score (nSPS) is 15.9. The van der Waals surface area contributed by atoms with Crippen LogP contribution in [0, 0.1) is 6.92 Å². The fraction of sp³-hybridized carbons (Fsp3) is 0.238. The summed E-state index contributed by atoms with van der Waals surface area (Å²) >= 11 is 0. The van der Waals surface area contributed by atoms with Gasteiger partial charge >= 0.3 is 6.03 Å². The van der Waals surface area contributed by atoms with E-state index in [0.717, 1.165) is 35.6 Å². The summed E-state index contributed by atoms with van der Waals surface area (Å²) in [4.78, 5) is 28.1. The van der Waals surface area contributed by atoms with E-state index < -0.39 is 0 Å². The van der Waals surface area contributed by atoms with Crippen molar-refractivity contribution in [3.05, 3.63) is 60.6 Å². The molecule has 0 radical (unpaired) electrons. The summed E-state index contributed by atoms with van der Waals surface area (Å²) in [5, 5.41) is 6.25. The van der Waals surface area contributed by atoms with Crippen LogP contribution in [0.25, 0.3) is 11.3 Å². The van der Waals surface area contributed by atoms with Crippen molar-refractivity contribution in [2.45, 2.75) is 26.3 Å². The zero-order chi connectivity index (χ0) is 19.5. The number of fused-ring (bicyclic) bond motifs is 1. The van der Waals surface area contributed by atoms with Gasteiger partial charge in [-0.15, -0.1) is 0 Å². The third-order valence-electron chi connectivity index (χ3n) is 4.75. The second-order valence-electron chi connectivity index (χ2n) is 6.84. The molecule has 3 aromatic heterocycles.